The Bertz CT molecular complexity index is 389. The summed E-state index contributed by atoms with van der Waals surface area (Å²) in [6, 6.07) is 0. The molecule has 1 fully saturated rings. The third kappa shape index (κ3) is 2.43. The molecule has 88 valence electrons. The molecule has 16 heavy (non-hydrogen) atoms. The van der Waals surface area contributed by atoms with E-state index in [-0.39, 0.29) is 17.5 Å². The first-order chi connectivity index (χ1) is 7.81. The Hall–Kier alpha value is -1.32. The quantitative estimate of drug-likeness (QED) is 0.852. The molecule has 0 amide bonds. The van der Waals surface area contributed by atoms with Crippen molar-refractivity contribution in [3.8, 4) is 5.88 Å². The standard InChI is InChI=1S/C12H18N2O2/c1-2-9-5-3-4-6-10(9)16-12-11(15)13-7-8-14-12/h7-10H,2-6H2,1H3,(H,13,15). The molecule has 2 atom stereocenters. The van der Waals surface area contributed by atoms with E-state index in [0.29, 0.717) is 5.92 Å². The van der Waals surface area contributed by atoms with Crippen LogP contribution in [0.4, 0.5) is 0 Å². The van der Waals surface area contributed by atoms with Crippen LogP contribution in [0.25, 0.3) is 0 Å². The molecule has 1 aromatic heterocycles. The van der Waals surface area contributed by atoms with Gasteiger partial charge in [-0.2, -0.15) is 0 Å². The van der Waals surface area contributed by atoms with Crippen molar-refractivity contribution >= 4 is 0 Å². The maximum atomic E-state index is 11.4. The van der Waals surface area contributed by atoms with E-state index in [1.54, 1.807) is 6.20 Å². The van der Waals surface area contributed by atoms with E-state index in [1.165, 1.54) is 25.5 Å². The van der Waals surface area contributed by atoms with Crippen molar-refractivity contribution in [3.63, 3.8) is 0 Å². The Kier molecular flexibility index (Phi) is 3.59. The topological polar surface area (TPSA) is 55.0 Å². The minimum Gasteiger partial charge on any atom is -0.470 e. The third-order valence-corrected chi connectivity index (χ3v) is 3.30. The minimum atomic E-state index is -0.233. The average molecular weight is 222 g/mol. The van der Waals surface area contributed by atoms with Gasteiger partial charge in [0, 0.05) is 12.4 Å². The Balaban J connectivity index is 2.08. The molecular weight excluding hydrogens is 204 g/mol. The van der Waals surface area contributed by atoms with Crippen molar-refractivity contribution in [1.29, 1.82) is 0 Å². The fourth-order valence-electron chi connectivity index (χ4n) is 2.36. The van der Waals surface area contributed by atoms with Crippen molar-refractivity contribution < 1.29 is 4.74 Å². The highest BCUT2D eigenvalue weighted by Crippen LogP contribution is 2.28. The van der Waals surface area contributed by atoms with Gasteiger partial charge < -0.3 is 9.72 Å². The van der Waals surface area contributed by atoms with Crippen LogP contribution in [0, 0.1) is 5.92 Å². The Morgan fingerprint density at radius 3 is 3.06 bits per heavy atom. The van der Waals surface area contributed by atoms with E-state index in [0.717, 1.165) is 12.8 Å². The number of nitrogens with one attached hydrogen (secondary N) is 1. The van der Waals surface area contributed by atoms with Gasteiger partial charge in [-0.15, -0.1) is 0 Å². The van der Waals surface area contributed by atoms with Crippen molar-refractivity contribution in [3.05, 3.63) is 22.7 Å². The second-order valence-electron chi connectivity index (χ2n) is 4.33. The number of aromatic nitrogens is 2. The summed E-state index contributed by atoms with van der Waals surface area (Å²) in [5.41, 5.74) is -0.233. The van der Waals surface area contributed by atoms with Gasteiger partial charge in [0.25, 0.3) is 5.88 Å². The SMILES string of the molecule is CCC1CCCCC1Oc1ncc[nH]c1=O. The molecule has 2 unspecified atom stereocenters. The van der Waals surface area contributed by atoms with E-state index >= 15 is 0 Å². The lowest BCUT2D eigenvalue weighted by Crippen LogP contribution is -2.32. The van der Waals surface area contributed by atoms with Crippen LogP contribution in [0.5, 0.6) is 5.88 Å². The van der Waals surface area contributed by atoms with Gasteiger partial charge in [0.15, 0.2) is 0 Å². The minimum absolute atomic E-state index is 0.162. The molecule has 1 saturated carbocycles. The van der Waals surface area contributed by atoms with Crippen LogP contribution in [0.15, 0.2) is 17.2 Å². The predicted molar refractivity (Wildman–Crippen MR) is 61.5 cm³/mol. The predicted octanol–water partition coefficient (Wildman–Crippen LogP) is 2.12. The van der Waals surface area contributed by atoms with Crippen LogP contribution in [0.3, 0.4) is 0 Å². The number of H-pyrrole nitrogens is 1. The number of rotatable bonds is 3. The molecule has 0 radical (unpaired) electrons. The summed E-state index contributed by atoms with van der Waals surface area (Å²) in [5, 5.41) is 0. The van der Waals surface area contributed by atoms with Crippen molar-refractivity contribution in [2.45, 2.75) is 45.1 Å². The molecule has 0 saturated heterocycles. The van der Waals surface area contributed by atoms with Crippen LogP contribution in [-0.2, 0) is 0 Å². The molecule has 0 spiro atoms. The third-order valence-electron chi connectivity index (χ3n) is 3.30. The summed E-state index contributed by atoms with van der Waals surface area (Å²) >= 11 is 0. The molecular formula is C12H18N2O2. The zero-order chi connectivity index (χ0) is 11.4. The Labute approximate surface area is 95.1 Å². The van der Waals surface area contributed by atoms with E-state index < -0.39 is 0 Å². The van der Waals surface area contributed by atoms with Crippen LogP contribution in [0.1, 0.15) is 39.0 Å². The first kappa shape index (κ1) is 11.2. The van der Waals surface area contributed by atoms with E-state index in [1.807, 2.05) is 0 Å². The van der Waals surface area contributed by atoms with Crippen molar-refractivity contribution in [2.24, 2.45) is 5.92 Å². The molecule has 2 rings (SSSR count). The first-order valence-electron chi connectivity index (χ1n) is 6.01. The smallest absolute Gasteiger partial charge is 0.310 e. The molecule has 0 bridgehead atoms. The highest BCUT2D eigenvalue weighted by atomic mass is 16.5. The molecule has 4 heteroatoms. The summed E-state index contributed by atoms with van der Waals surface area (Å²) in [6.45, 7) is 2.18. The van der Waals surface area contributed by atoms with Gasteiger partial charge in [-0.05, 0) is 31.6 Å². The molecule has 1 N–H and O–H groups in total. The largest absolute Gasteiger partial charge is 0.470 e. The summed E-state index contributed by atoms with van der Waals surface area (Å²) < 4.78 is 5.73. The van der Waals surface area contributed by atoms with Gasteiger partial charge in [-0.1, -0.05) is 13.3 Å². The van der Waals surface area contributed by atoms with E-state index in [4.69, 9.17) is 4.74 Å². The number of aromatic amines is 1. The maximum Gasteiger partial charge on any atom is 0.310 e. The summed E-state index contributed by atoms with van der Waals surface area (Å²) in [5.74, 6) is 0.781. The summed E-state index contributed by atoms with van der Waals surface area (Å²) in [6.07, 6.45) is 9.04. The number of hydrogen-bond acceptors (Lipinski definition) is 3. The average Bonchev–Trinajstić information content (AvgIpc) is 2.33. The Morgan fingerprint density at radius 2 is 2.31 bits per heavy atom. The highest BCUT2D eigenvalue weighted by Gasteiger charge is 2.26. The highest BCUT2D eigenvalue weighted by molar-refractivity contribution is 5.03. The lowest BCUT2D eigenvalue weighted by molar-refractivity contribution is 0.0841. The van der Waals surface area contributed by atoms with Crippen LogP contribution in [-0.4, -0.2) is 16.1 Å². The zero-order valence-electron chi connectivity index (χ0n) is 9.61. The van der Waals surface area contributed by atoms with E-state index in [9.17, 15) is 4.79 Å². The van der Waals surface area contributed by atoms with Gasteiger partial charge >= 0.3 is 5.56 Å². The van der Waals surface area contributed by atoms with Gasteiger partial charge in [-0.3, -0.25) is 4.79 Å². The maximum absolute atomic E-state index is 11.4. The summed E-state index contributed by atoms with van der Waals surface area (Å²) in [7, 11) is 0. The lowest BCUT2D eigenvalue weighted by atomic mass is 9.85. The first-order valence-corrected chi connectivity index (χ1v) is 6.01. The number of hydrogen-bond donors (Lipinski definition) is 1. The van der Waals surface area contributed by atoms with E-state index in [2.05, 4.69) is 16.9 Å². The molecule has 1 aliphatic carbocycles. The molecule has 1 heterocycles. The van der Waals surface area contributed by atoms with Gasteiger partial charge in [0.2, 0.25) is 0 Å². The van der Waals surface area contributed by atoms with Crippen LogP contribution >= 0.6 is 0 Å². The zero-order valence-corrected chi connectivity index (χ0v) is 9.61. The fourth-order valence-corrected chi connectivity index (χ4v) is 2.36. The number of nitrogens with zero attached hydrogens (tertiary/aromatic N) is 1. The second-order valence-corrected chi connectivity index (χ2v) is 4.33. The molecule has 0 aromatic carbocycles. The molecule has 1 aromatic rings. The summed E-state index contributed by atoms with van der Waals surface area (Å²) in [4.78, 5) is 18.0. The molecule has 0 aliphatic heterocycles. The van der Waals surface area contributed by atoms with Crippen LogP contribution < -0.4 is 10.3 Å². The molecule has 1 aliphatic rings. The van der Waals surface area contributed by atoms with Crippen molar-refractivity contribution in [2.75, 3.05) is 0 Å². The number of ether oxygens (including phenoxy) is 1. The normalized spacial score (nSPS) is 25.3. The lowest BCUT2D eigenvalue weighted by Gasteiger charge is -2.30. The van der Waals surface area contributed by atoms with Crippen molar-refractivity contribution in [1.82, 2.24) is 9.97 Å². The van der Waals surface area contributed by atoms with Gasteiger partial charge in [0.1, 0.15) is 6.10 Å². The fraction of sp³-hybridized carbons (Fsp3) is 0.667. The Morgan fingerprint density at radius 1 is 1.50 bits per heavy atom. The van der Waals surface area contributed by atoms with Gasteiger partial charge in [0.05, 0.1) is 0 Å². The van der Waals surface area contributed by atoms with Crippen LogP contribution in [0.2, 0.25) is 0 Å². The molecule has 4 nitrogen and oxygen atoms in total. The monoisotopic (exact) mass is 222 g/mol. The van der Waals surface area contributed by atoms with Gasteiger partial charge in [-0.25, -0.2) is 4.98 Å². The second kappa shape index (κ2) is 5.14.